The van der Waals surface area contributed by atoms with Crippen molar-refractivity contribution in [2.24, 2.45) is 11.8 Å². The topological polar surface area (TPSA) is 61.4 Å². The second kappa shape index (κ2) is 9.81. The molecule has 5 heteroatoms. The van der Waals surface area contributed by atoms with Gasteiger partial charge in [0.1, 0.15) is 0 Å². The lowest BCUT2D eigenvalue weighted by Crippen LogP contribution is -2.50. The summed E-state index contributed by atoms with van der Waals surface area (Å²) in [6, 6.07) is 28.4. The minimum absolute atomic E-state index is 0.0487. The highest BCUT2D eigenvalue weighted by Gasteiger charge is 2.48. The molecule has 0 aromatic heterocycles. The largest absolute Gasteiger partial charge is 0.378 e. The second-order valence-corrected chi connectivity index (χ2v) is 10.4. The predicted molar refractivity (Wildman–Crippen MR) is 141 cm³/mol. The molecule has 2 aliphatic heterocycles. The maximum Gasteiger partial charge on any atom is 0.251 e. The molecule has 1 aliphatic carbocycles. The molecule has 1 saturated heterocycles. The molecule has 3 aromatic rings. The fraction of sp³-hybridized carbons (Fsp3) is 0.355. The number of carbonyl (C=O) groups excluding carboxylic acids is 2. The van der Waals surface area contributed by atoms with Gasteiger partial charge in [-0.05, 0) is 48.6 Å². The van der Waals surface area contributed by atoms with Gasteiger partial charge in [-0.3, -0.25) is 9.59 Å². The van der Waals surface area contributed by atoms with Gasteiger partial charge in [0, 0.05) is 29.8 Å². The highest BCUT2D eigenvalue weighted by Crippen LogP contribution is 2.51. The standard InChI is InChI=1S/C31H33N3O2/c35-30(22-13-5-2-6-14-22)33-27-18-10-8-16-24(27)31(36)34-20-19-25-28(21-11-3-1-4-12-21)32-26-17-9-7-15-23(26)29(25)34/h1-7,9,11-15,17,24-25,27-29,32H,8,10,16,18-20H2,(H,33,35)/t24-,25-,27+,28+,29+/m0/s1. The van der Waals surface area contributed by atoms with Crippen LogP contribution < -0.4 is 10.6 Å². The molecule has 6 rings (SSSR count). The van der Waals surface area contributed by atoms with Gasteiger partial charge in [-0.25, -0.2) is 0 Å². The molecule has 3 aliphatic rings. The van der Waals surface area contributed by atoms with E-state index in [1.54, 1.807) is 0 Å². The van der Waals surface area contributed by atoms with E-state index in [-0.39, 0.29) is 35.9 Å². The van der Waals surface area contributed by atoms with Gasteiger partial charge in [-0.15, -0.1) is 0 Å². The third kappa shape index (κ3) is 4.17. The summed E-state index contributed by atoms with van der Waals surface area (Å²) in [7, 11) is 0. The first-order valence-corrected chi connectivity index (χ1v) is 13.3. The van der Waals surface area contributed by atoms with Crippen molar-refractivity contribution in [3.8, 4) is 0 Å². The van der Waals surface area contributed by atoms with Crippen molar-refractivity contribution in [1.82, 2.24) is 10.2 Å². The van der Waals surface area contributed by atoms with Crippen molar-refractivity contribution in [2.45, 2.75) is 50.2 Å². The molecule has 1 saturated carbocycles. The number of nitrogens with one attached hydrogen (secondary N) is 2. The van der Waals surface area contributed by atoms with E-state index in [1.165, 1.54) is 11.1 Å². The van der Waals surface area contributed by atoms with E-state index in [4.69, 9.17) is 0 Å². The molecule has 5 atom stereocenters. The minimum atomic E-state index is -0.178. The quantitative estimate of drug-likeness (QED) is 0.502. The van der Waals surface area contributed by atoms with Crippen LogP contribution in [0.2, 0.25) is 0 Å². The average Bonchev–Trinajstić information content (AvgIpc) is 3.39. The molecule has 36 heavy (non-hydrogen) atoms. The van der Waals surface area contributed by atoms with Crippen molar-refractivity contribution in [3.63, 3.8) is 0 Å². The number of nitrogens with zero attached hydrogens (tertiary/aromatic N) is 1. The molecule has 2 fully saturated rings. The number of hydrogen-bond donors (Lipinski definition) is 2. The van der Waals surface area contributed by atoms with Gasteiger partial charge in [0.05, 0.1) is 18.0 Å². The number of para-hydroxylation sites is 1. The van der Waals surface area contributed by atoms with Crippen LogP contribution in [0.5, 0.6) is 0 Å². The maximum absolute atomic E-state index is 14.2. The Morgan fingerprint density at radius 1 is 0.806 bits per heavy atom. The highest BCUT2D eigenvalue weighted by molar-refractivity contribution is 5.95. The fourth-order valence-corrected chi connectivity index (χ4v) is 6.62. The number of anilines is 1. The normalized spacial score (nSPS) is 26.9. The number of fused-ring (bicyclic) bond motifs is 3. The van der Waals surface area contributed by atoms with Crippen LogP contribution >= 0.6 is 0 Å². The van der Waals surface area contributed by atoms with Crippen LogP contribution in [0.4, 0.5) is 5.69 Å². The van der Waals surface area contributed by atoms with Crippen LogP contribution in [-0.2, 0) is 4.79 Å². The monoisotopic (exact) mass is 479 g/mol. The number of likely N-dealkylation sites (tertiary alicyclic amines) is 1. The zero-order valence-electron chi connectivity index (χ0n) is 20.5. The molecule has 5 nitrogen and oxygen atoms in total. The van der Waals surface area contributed by atoms with Crippen molar-refractivity contribution < 1.29 is 9.59 Å². The van der Waals surface area contributed by atoms with Crippen molar-refractivity contribution >= 4 is 17.5 Å². The molecule has 3 aromatic carbocycles. The number of amides is 2. The summed E-state index contributed by atoms with van der Waals surface area (Å²) < 4.78 is 0. The Hall–Kier alpha value is -3.60. The van der Waals surface area contributed by atoms with Crippen LogP contribution in [0.3, 0.4) is 0 Å². The maximum atomic E-state index is 14.2. The number of benzene rings is 3. The van der Waals surface area contributed by atoms with Crippen LogP contribution in [0, 0.1) is 11.8 Å². The number of hydrogen-bond acceptors (Lipinski definition) is 3. The molecule has 2 heterocycles. The molecule has 0 radical (unpaired) electrons. The first-order chi connectivity index (χ1) is 17.7. The van der Waals surface area contributed by atoms with Crippen LogP contribution in [-0.4, -0.2) is 29.3 Å². The van der Waals surface area contributed by atoms with E-state index in [2.05, 4.69) is 70.1 Å². The van der Waals surface area contributed by atoms with Gasteiger partial charge in [0.15, 0.2) is 0 Å². The van der Waals surface area contributed by atoms with E-state index in [9.17, 15) is 9.59 Å². The SMILES string of the molecule is O=C(N[C@@H]1CCCC[C@@H]1C(=O)N1CC[C@H]2[C@@H](c3ccccc3)Nc3ccccc3[C@H]21)c1ccccc1. The smallest absolute Gasteiger partial charge is 0.251 e. The molecule has 2 amide bonds. The van der Waals surface area contributed by atoms with Gasteiger partial charge in [-0.2, -0.15) is 0 Å². The van der Waals surface area contributed by atoms with E-state index in [1.807, 2.05) is 30.3 Å². The zero-order chi connectivity index (χ0) is 24.5. The lowest BCUT2D eigenvalue weighted by molar-refractivity contribution is -0.138. The van der Waals surface area contributed by atoms with Gasteiger partial charge in [0.25, 0.3) is 5.91 Å². The van der Waals surface area contributed by atoms with Gasteiger partial charge in [-0.1, -0.05) is 79.6 Å². The Kier molecular flexibility index (Phi) is 6.22. The average molecular weight is 480 g/mol. The third-order valence-electron chi connectivity index (χ3n) is 8.34. The van der Waals surface area contributed by atoms with Gasteiger partial charge in [0.2, 0.25) is 5.91 Å². The molecule has 2 N–H and O–H groups in total. The second-order valence-electron chi connectivity index (χ2n) is 10.4. The lowest BCUT2D eigenvalue weighted by atomic mass is 9.79. The van der Waals surface area contributed by atoms with Crippen molar-refractivity contribution in [2.75, 3.05) is 11.9 Å². The van der Waals surface area contributed by atoms with E-state index in [0.717, 1.165) is 44.3 Å². The lowest BCUT2D eigenvalue weighted by Gasteiger charge is -2.42. The summed E-state index contributed by atoms with van der Waals surface area (Å²) in [5.41, 5.74) is 4.24. The van der Waals surface area contributed by atoms with E-state index >= 15 is 0 Å². The summed E-state index contributed by atoms with van der Waals surface area (Å²) >= 11 is 0. The summed E-state index contributed by atoms with van der Waals surface area (Å²) in [6.45, 7) is 0.753. The number of carbonyl (C=O) groups is 2. The van der Waals surface area contributed by atoms with Crippen LogP contribution in [0.1, 0.15) is 65.7 Å². The summed E-state index contributed by atoms with van der Waals surface area (Å²) in [5.74, 6) is 0.245. The third-order valence-corrected chi connectivity index (χ3v) is 8.34. The van der Waals surface area contributed by atoms with E-state index in [0.29, 0.717) is 11.5 Å². The molecular weight excluding hydrogens is 446 g/mol. The minimum Gasteiger partial charge on any atom is -0.378 e. The molecule has 0 unspecified atom stereocenters. The Morgan fingerprint density at radius 2 is 1.50 bits per heavy atom. The van der Waals surface area contributed by atoms with Gasteiger partial charge >= 0.3 is 0 Å². The predicted octanol–water partition coefficient (Wildman–Crippen LogP) is 5.73. The summed E-state index contributed by atoms with van der Waals surface area (Å²) in [4.78, 5) is 29.3. The Balaban J connectivity index is 1.28. The molecule has 0 bridgehead atoms. The summed E-state index contributed by atoms with van der Waals surface area (Å²) in [6.07, 6.45) is 4.71. The summed E-state index contributed by atoms with van der Waals surface area (Å²) in [5, 5.41) is 7.00. The Bertz CT molecular complexity index is 1230. The van der Waals surface area contributed by atoms with Crippen LogP contribution in [0.25, 0.3) is 0 Å². The molecule has 184 valence electrons. The zero-order valence-corrected chi connectivity index (χ0v) is 20.5. The molecular formula is C31H33N3O2. The van der Waals surface area contributed by atoms with E-state index < -0.39 is 0 Å². The Morgan fingerprint density at radius 3 is 2.31 bits per heavy atom. The fourth-order valence-electron chi connectivity index (χ4n) is 6.62. The molecule has 0 spiro atoms. The van der Waals surface area contributed by atoms with Gasteiger partial charge < -0.3 is 15.5 Å². The Labute approximate surface area is 212 Å². The first-order valence-electron chi connectivity index (χ1n) is 13.3. The highest BCUT2D eigenvalue weighted by atomic mass is 16.2. The first kappa shape index (κ1) is 22.8. The number of rotatable bonds is 4. The van der Waals surface area contributed by atoms with Crippen LogP contribution in [0.15, 0.2) is 84.9 Å². The van der Waals surface area contributed by atoms with Crippen molar-refractivity contribution in [1.29, 1.82) is 0 Å². The van der Waals surface area contributed by atoms with Crippen molar-refractivity contribution in [3.05, 3.63) is 102 Å².